The van der Waals surface area contributed by atoms with Crippen molar-refractivity contribution in [2.24, 2.45) is 16.3 Å². The Morgan fingerprint density at radius 1 is 1.42 bits per heavy atom. The van der Waals surface area contributed by atoms with Gasteiger partial charge in [0.25, 0.3) is 0 Å². The molecule has 5 nitrogen and oxygen atoms in total. The van der Waals surface area contributed by atoms with Gasteiger partial charge in [0, 0.05) is 6.07 Å². The zero-order valence-corrected chi connectivity index (χ0v) is 11.8. The molecule has 0 radical (unpaired) electrons. The third kappa shape index (κ3) is 3.19. The van der Waals surface area contributed by atoms with Gasteiger partial charge in [0.05, 0.1) is 10.2 Å². The smallest absolute Gasteiger partial charge is 0.237 e. The van der Waals surface area contributed by atoms with Gasteiger partial charge in [0.1, 0.15) is 17.0 Å². The van der Waals surface area contributed by atoms with E-state index in [1.807, 2.05) is 0 Å². The first-order valence-electron chi connectivity index (χ1n) is 5.14. The van der Waals surface area contributed by atoms with Crippen LogP contribution in [0.5, 0.6) is 0 Å². The summed E-state index contributed by atoms with van der Waals surface area (Å²) in [6.07, 6.45) is 0. The van der Waals surface area contributed by atoms with Crippen molar-refractivity contribution in [2.45, 2.75) is 13.8 Å². The molecule has 0 saturated carbocycles. The van der Waals surface area contributed by atoms with Crippen molar-refractivity contribution in [1.29, 1.82) is 0 Å². The molecule has 0 heterocycles. The fourth-order valence-corrected chi connectivity index (χ4v) is 1.48. The molecule has 0 atom stereocenters. The quantitative estimate of drug-likeness (QED) is 0.260. The highest BCUT2D eigenvalue weighted by Crippen LogP contribution is 2.26. The maximum absolute atomic E-state index is 13.5. The van der Waals surface area contributed by atoms with Crippen LogP contribution in [0.4, 0.5) is 14.5 Å². The van der Waals surface area contributed by atoms with Crippen molar-refractivity contribution in [3.05, 3.63) is 28.2 Å². The van der Waals surface area contributed by atoms with Crippen LogP contribution in [0.3, 0.4) is 0 Å². The summed E-state index contributed by atoms with van der Waals surface area (Å²) in [6, 6.07) is 1.72. The Bertz CT molecular complexity index is 547. The lowest BCUT2D eigenvalue weighted by atomic mass is 9.91. The van der Waals surface area contributed by atoms with E-state index in [9.17, 15) is 13.6 Å². The Balaban J connectivity index is 3.04. The van der Waals surface area contributed by atoms with Gasteiger partial charge >= 0.3 is 0 Å². The zero-order chi connectivity index (χ0) is 14.8. The summed E-state index contributed by atoms with van der Waals surface area (Å²) in [5.41, 5.74) is 3.82. The van der Waals surface area contributed by atoms with E-state index in [2.05, 4.69) is 26.4 Å². The van der Waals surface area contributed by atoms with Crippen LogP contribution in [-0.4, -0.2) is 17.0 Å². The van der Waals surface area contributed by atoms with Gasteiger partial charge in [-0.05, 0) is 35.8 Å². The Kier molecular flexibility index (Phi) is 4.46. The number of halogens is 3. The van der Waals surface area contributed by atoms with Gasteiger partial charge in [0.15, 0.2) is 5.84 Å². The second kappa shape index (κ2) is 5.52. The van der Waals surface area contributed by atoms with Gasteiger partial charge in [-0.2, -0.15) is 0 Å². The van der Waals surface area contributed by atoms with Crippen molar-refractivity contribution in [2.75, 3.05) is 5.32 Å². The Hall–Kier alpha value is -1.70. The number of hydrogen-bond acceptors (Lipinski definition) is 3. The first-order chi connectivity index (χ1) is 8.70. The number of rotatable bonds is 3. The highest BCUT2D eigenvalue weighted by Gasteiger charge is 2.33. The average Bonchev–Trinajstić information content (AvgIpc) is 2.34. The molecule has 19 heavy (non-hydrogen) atoms. The molecule has 8 heteroatoms. The average molecular weight is 336 g/mol. The molecule has 0 fully saturated rings. The minimum Gasteiger partial charge on any atom is -0.409 e. The summed E-state index contributed by atoms with van der Waals surface area (Å²) in [6.45, 7) is 2.79. The first-order valence-corrected chi connectivity index (χ1v) is 5.93. The van der Waals surface area contributed by atoms with E-state index in [-0.39, 0.29) is 16.0 Å². The van der Waals surface area contributed by atoms with Crippen LogP contribution in [0.15, 0.2) is 21.8 Å². The lowest BCUT2D eigenvalue weighted by Crippen LogP contribution is -2.42. The SMILES string of the molecule is CC(C)(C(=O)Nc1cc(Br)c(F)cc1F)/C(N)=N/O. The van der Waals surface area contributed by atoms with Crippen LogP contribution < -0.4 is 11.1 Å². The number of nitrogens with zero attached hydrogens (tertiary/aromatic N) is 1. The van der Waals surface area contributed by atoms with E-state index >= 15 is 0 Å². The summed E-state index contributed by atoms with van der Waals surface area (Å²) in [7, 11) is 0. The fraction of sp³-hybridized carbons (Fsp3) is 0.273. The number of anilines is 1. The Morgan fingerprint density at radius 3 is 2.53 bits per heavy atom. The molecule has 104 valence electrons. The zero-order valence-electron chi connectivity index (χ0n) is 10.2. The van der Waals surface area contributed by atoms with E-state index in [0.29, 0.717) is 6.07 Å². The minimum atomic E-state index is -1.35. The lowest BCUT2D eigenvalue weighted by molar-refractivity contribution is -0.121. The first kappa shape index (κ1) is 15.4. The molecule has 0 spiro atoms. The van der Waals surface area contributed by atoms with E-state index < -0.39 is 23.0 Å². The molecule has 1 aromatic rings. The summed E-state index contributed by atoms with van der Waals surface area (Å²) >= 11 is 2.88. The molecule has 0 aliphatic heterocycles. The highest BCUT2D eigenvalue weighted by atomic mass is 79.9. The predicted molar refractivity (Wildman–Crippen MR) is 69.9 cm³/mol. The maximum Gasteiger partial charge on any atom is 0.237 e. The summed E-state index contributed by atoms with van der Waals surface area (Å²) in [4.78, 5) is 11.9. The predicted octanol–water partition coefficient (Wildman–Crippen LogP) is 2.44. The number of nitrogens with two attached hydrogens (primary N) is 1. The number of nitrogens with one attached hydrogen (secondary N) is 1. The maximum atomic E-state index is 13.5. The van der Waals surface area contributed by atoms with Gasteiger partial charge in [-0.25, -0.2) is 8.78 Å². The van der Waals surface area contributed by atoms with E-state index in [4.69, 9.17) is 10.9 Å². The Labute approximate surface area is 116 Å². The van der Waals surface area contributed by atoms with E-state index in [0.717, 1.165) is 6.07 Å². The molecule has 1 rings (SSSR count). The van der Waals surface area contributed by atoms with Gasteiger partial charge in [0.2, 0.25) is 5.91 Å². The van der Waals surface area contributed by atoms with Crippen molar-refractivity contribution in [1.82, 2.24) is 0 Å². The lowest BCUT2D eigenvalue weighted by Gasteiger charge is -2.22. The van der Waals surface area contributed by atoms with Crippen LogP contribution in [0.2, 0.25) is 0 Å². The Morgan fingerprint density at radius 2 is 2.00 bits per heavy atom. The molecule has 1 amide bonds. The van der Waals surface area contributed by atoms with Crippen molar-refractivity contribution in [3.8, 4) is 0 Å². The van der Waals surface area contributed by atoms with Gasteiger partial charge < -0.3 is 16.3 Å². The molecular weight excluding hydrogens is 324 g/mol. The second-order valence-corrected chi connectivity index (χ2v) is 5.16. The molecule has 0 aliphatic rings. The largest absolute Gasteiger partial charge is 0.409 e. The topological polar surface area (TPSA) is 87.7 Å². The number of amidine groups is 1. The summed E-state index contributed by atoms with van der Waals surface area (Å²) < 4.78 is 26.5. The summed E-state index contributed by atoms with van der Waals surface area (Å²) in [5.74, 6) is -2.73. The normalized spacial score (nSPS) is 12.4. The van der Waals surface area contributed by atoms with E-state index in [1.165, 1.54) is 13.8 Å². The minimum absolute atomic E-state index is 0.00537. The molecular formula is C11H12BrF2N3O2. The second-order valence-electron chi connectivity index (χ2n) is 4.31. The number of amides is 1. The van der Waals surface area contributed by atoms with Crippen LogP contribution in [-0.2, 0) is 4.79 Å². The van der Waals surface area contributed by atoms with Gasteiger partial charge in [-0.15, -0.1) is 0 Å². The molecule has 0 unspecified atom stereocenters. The molecule has 1 aromatic carbocycles. The van der Waals surface area contributed by atoms with Crippen molar-refractivity contribution >= 4 is 33.4 Å². The van der Waals surface area contributed by atoms with Crippen LogP contribution in [0, 0.1) is 17.0 Å². The van der Waals surface area contributed by atoms with Crippen LogP contribution in [0.25, 0.3) is 0 Å². The van der Waals surface area contributed by atoms with Crippen LogP contribution >= 0.6 is 15.9 Å². The molecule has 0 bridgehead atoms. The number of carbonyl (C=O) groups is 1. The van der Waals surface area contributed by atoms with Crippen molar-refractivity contribution in [3.63, 3.8) is 0 Å². The van der Waals surface area contributed by atoms with Gasteiger partial charge in [-0.3, -0.25) is 4.79 Å². The number of carbonyl (C=O) groups excluding carboxylic acids is 1. The van der Waals surface area contributed by atoms with E-state index in [1.54, 1.807) is 0 Å². The number of hydrogen-bond donors (Lipinski definition) is 3. The monoisotopic (exact) mass is 335 g/mol. The molecule has 4 N–H and O–H groups in total. The number of benzene rings is 1. The van der Waals surface area contributed by atoms with Crippen molar-refractivity contribution < 1.29 is 18.8 Å². The van der Waals surface area contributed by atoms with Crippen LogP contribution in [0.1, 0.15) is 13.8 Å². The molecule has 0 saturated heterocycles. The van der Waals surface area contributed by atoms with Gasteiger partial charge in [-0.1, -0.05) is 5.16 Å². The number of oxime groups is 1. The fourth-order valence-electron chi connectivity index (χ4n) is 1.14. The standard InChI is InChI=1S/C11H12BrF2N3O2/c1-11(2,9(15)17-19)10(18)16-8-3-5(12)6(13)4-7(8)14/h3-4,19H,1-2H3,(H2,15,17)(H,16,18). The third-order valence-electron chi connectivity index (χ3n) is 2.57. The molecule has 0 aromatic heterocycles. The summed E-state index contributed by atoms with van der Waals surface area (Å²) in [5, 5.41) is 13.6. The highest BCUT2D eigenvalue weighted by molar-refractivity contribution is 9.10. The third-order valence-corrected chi connectivity index (χ3v) is 3.18. The molecule has 0 aliphatic carbocycles.